The van der Waals surface area contributed by atoms with Crippen LogP contribution in [-0.4, -0.2) is 118 Å². The van der Waals surface area contributed by atoms with Crippen LogP contribution in [0.2, 0.25) is 0 Å². The van der Waals surface area contributed by atoms with Crippen molar-refractivity contribution in [3.05, 3.63) is 51.8 Å². The van der Waals surface area contributed by atoms with E-state index in [1.165, 1.54) is 11.0 Å². The maximum Gasteiger partial charge on any atom is 0.255 e. The Hall–Kier alpha value is -4.00. The van der Waals surface area contributed by atoms with Gasteiger partial charge in [-0.3, -0.25) is 24.1 Å². The maximum atomic E-state index is 14.0. The van der Waals surface area contributed by atoms with E-state index in [1.54, 1.807) is 25.1 Å². The number of hydrogen-bond donors (Lipinski definition) is 5. The number of primary amides is 1. The molecule has 0 radical (unpaired) electrons. The molecule has 0 unspecified atom stereocenters. The Morgan fingerprint density at radius 3 is 2.38 bits per heavy atom. The maximum absolute atomic E-state index is 14.0. The lowest BCUT2D eigenvalue weighted by atomic mass is 9.57. The molecule has 0 aromatic heterocycles. The molecule has 12 heteroatoms. The average Bonchev–Trinajstić information content (AvgIpc) is 2.90. The first kappa shape index (κ1) is 29.5. The van der Waals surface area contributed by atoms with Gasteiger partial charge in [0, 0.05) is 24.6 Å². The Kier molecular flexibility index (Phi) is 7.28. The summed E-state index contributed by atoms with van der Waals surface area (Å²) in [6, 6.07) is 2.03. The number of Topliss-reactive ketones (excluding diaryl/α,β-unsaturated/α-hetero) is 2. The first-order chi connectivity index (χ1) is 19.7. The summed E-state index contributed by atoms with van der Waals surface area (Å²) in [7, 11) is 6.78. The van der Waals surface area contributed by atoms with Gasteiger partial charge in [-0.25, -0.2) is 0 Å². The standard InChI is InChI=1S/C30H36N4O8/c1-32(2)13-20(36)34-9-7-14(8-10-34)16-5-6-19(35)22-17(16)11-15-12-18-24(33(3)4)26(38)23(29(31)41)28(40)30(18,42)27(39)21(15)25(22)37/h5-7,15,18,24,35,37,40,42H,8-13H2,1-4H3,(H2,31,41)/t15-,18-,24+,30-/m0/s1. The van der Waals surface area contributed by atoms with Crippen LogP contribution in [0.3, 0.4) is 0 Å². The van der Waals surface area contributed by atoms with E-state index in [0.29, 0.717) is 31.6 Å². The molecule has 0 bridgehead atoms. The fourth-order valence-electron chi connectivity index (χ4n) is 7.06. The number of carbonyl (C=O) groups excluding carboxylic acids is 4. The average molecular weight is 581 g/mol. The first-order valence-electron chi connectivity index (χ1n) is 13.8. The van der Waals surface area contributed by atoms with Crippen molar-refractivity contribution in [2.75, 3.05) is 47.8 Å². The molecule has 224 valence electrons. The minimum atomic E-state index is -2.67. The van der Waals surface area contributed by atoms with Crippen LogP contribution in [0.1, 0.15) is 29.5 Å². The number of aromatic hydroxyl groups is 1. The number of ketones is 2. The number of hydrogen-bond acceptors (Lipinski definition) is 10. The second-order valence-electron chi connectivity index (χ2n) is 12.0. The zero-order valence-corrected chi connectivity index (χ0v) is 24.0. The van der Waals surface area contributed by atoms with Crippen molar-refractivity contribution in [1.29, 1.82) is 0 Å². The van der Waals surface area contributed by atoms with Gasteiger partial charge in [0.2, 0.25) is 11.7 Å². The molecule has 0 saturated heterocycles. The van der Waals surface area contributed by atoms with Crippen molar-refractivity contribution < 1.29 is 39.6 Å². The fourth-order valence-corrected chi connectivity index (χ4v) is 7.06. The van der Waals surface area contributed by atoms with Crippen LogP contribution < -0.4 is 5.73 Å². The molecule has 1 aromatic rings. The highest BCUT2D eigenvalue weighted by atomic mass is 16.3. The van der Waals surface area contributed by atoms with E-state index >= 15 is 0 Å². The fraction of sp³-hybridized carbons (Fsp3) is 0.467. The second-order valence-corrected chi connectivity index (χ2v) is 12.0. The van der Waals surface area contributed by atoms with Gasteiger partial charge in [-0.15, -0.1) is 0 Å². The molecule has 1 heterocycles. The number of aliphatic hydroxyl groups is 3. The number of nitrogens with two attached hydrogens (primary N) is 1. The van der Waals surface area contributed by atoms with Crippen LogP contribution in [0.15, 0.2) is 35.1 Å². The van der Waals surface area contributed by atoms with Crippen LogP contribution in [-0.2, 0) is 25.6 Å². The number of benzene rings is 1. The quantitative estimate of drug-likeness (QED) is 0.300. The van der Waals surface area contributed by atoms with Crippen molar-refractivity contribution >= 4 is 34.7 Å². The van der Waals surface area contributed by atoms with E-state index in [-0.39, 0.29) is 35.6 Å². The number of aliphatic hydroxyl groups excluding tert-OH is 2. The first-order valence-corrected chi connectivity index (χ1v) is 13.8. The Labute approximate surface area is 243 Å². The van der Waals surface area contributed by atoms with E-state index in [2.05, 4.69) is 0 Å². The van der Waals surface area contributed by atoms with Gasteiger partial charge >= 0.3 is 0 Å². The number of carbonyl (C=O) groups is 4. The van der Waals surface area contributed by atoms with Crippen LogP contribution in [0.25, 0.3) is 11.3 Å². The topological polar surface area (TPSA) is 185 Å². The summed E-state index contributed by atoms with van der Waals surface area (Å²) in [5.41, 5.74) is 4.03. The third-order valence-corrected chi connectivity index (χ3v) is 8.96. The molecule has 4 atom stereocenters. The Morgan fingerprint density at radius 1 is 1.12 bits per heavy atom. The monoisotopic (exact) mass is 580 g/mol. The van der Waals surface area contributed by atoms with Gasteiger partial charge in [-0.1, -0.05) is 12.1 Å². The molecule has 4 aliphatic rings. The summed E-state index contributed by atoms with van der Waals surface area (Å²) in [4.78, 5) is 57.0. The lowest BCUT2D eigenvalue weighted by molar-refractivity contribution is -0.153. The van der Waals surface area contributed by atoms with Crippen LogP contribution in [0, 0.1) is 11.8 Å². The van der Waals surface area contributed by atoms with Crippen molar-refractivity contribution in [2.24, 2.45) is 17.6 Å². The summed E-state index contributed by atoms with van der Waals surface area (Å²) in [5.74, 6) is -6.79. The lowest BCUT2D eigenvalue weighted by Crippen LogP contribution is -2.65. The van der Waals surface area contributed by atoms with Crippen molar-refractivity contribution in [3.63, 3.8) is 0 Å². The van der Waals surface area contributed by atoms with Gasteiger partial charge in [0.1, 0.15) is 22.8 Å². The highest BCUT2D eigenvalue weighted by molar-refractivity contribution is 6.24. The largest absolute Gasteiger partial charge is 0.508 e. The van der Waals surface area contributed by atoms with Crippen LogP contribution in [0.5, 0.6) is 5.75 Å². The molecule has 6 N–H and O–H groups in total. The highest BCUT2D eigenvalue weighted by Crippen LogP contribution is 2.53. The molecule has 1 fully saturated rings. The number of likely N-dealkylation sites (N-methyl/N-ethyl adjacent to an activating group) is 2. The van der Waals surface area contributed by atoms with Crippen molar-refractivity contribution in [2.45, 2.75) is 30.9 Å². The van der Waals surface area contributed by atoms with Gasteiger partial charge in [-0.05, 0) is 76.1 Å². The molecule has 3 aliphatic carbocycles. The predicted molar refractivity (Wildman–Crippen MR) is 152 cm³/mol. The summed E-state index contributed by atoms with van der Waals surface area (Å²) < 4.78 is 0. The molecule has 2 amide bonds. The smallest absolute Gasteiger partial charge is 0.255 e. The summed E-state index contributed by atoms with van der Waals surface area (Å²) >= 11 is 0. The third kappa shape index (κ3) is 4.32. The van der Waals surface area contributed by atoms with Gasteiger partial charge in [0.25, 0.3) is 5.91 Å². The zero-order valence-electron chi connectivity index (χ0n) is 24.0. The normalized spacial score (nSPS) is 27.6. The van der Waals surface area contributed by atoms with Crippen molar-refractivity contribution in [3.8, 4) is 5.75 Å². The molecule has 5 rings (SSSR count). The number of nitrogens with zero attached hydrogens (tertiary/aromatic N) is 3. The van der Waals surface area contributed by atoms with Gasteiger partial charge in [0.15, 0.2) is 11.4 Å². The Bertz CT molecular complexity index is 1510. The summed E-state index contributed by atoms with van der Waals surface area (Å²) in [5, 5.41) is 45.0. The number of phenolic OH excluding ortho intramolecular Hbond substituents is 1. The summed E-state index contributed by atoms with van der Waals surface area (Å²) in [6.07, 6.45) is 2.72. The summed E-state index contributed by atoms with van der Waals surface area (Å²) in [6.45, 7) is 1.20. The molecular weight excluding hydrogens is 544 g/mol. The van der Waals surface area contributed by atoms with Crippen LogP contribution >= 0.6 is 0 Å². The SMILES string of the molecule is CN(C)CC(=O)N1CC=C(c2ccc(O)c3c2C[C@H]2C[C@H]4[C@@H](N(C)C)C(=O)C(C(N)=O)=C(O)[C@@]4(O)C(=O)C2=C3O)CC1. The number of phenols is 1. The molecular formula is C30H36N4O8. The molecule has 1 saturated carbocycles. The Morgan fingerprint density at radius 2 is 1.81 bits per heavy atom. The van der Waals surface area contributed by atoms with Gasteiger partial charge < -0.3 is 36.0 Å². The molecule has 1 aliphatic heterocycles. The molecule has 12 nitrogen and oxygen atoms in total. The molecule has 1 aromatic carbocycles. The Balaban J connectivity index is 1.60. The number of amides is 2. The van der Waals surface area contributed by atoms with E-state index in [0.717, 1.165) is 11.1 Å². The minimum Gasteiger partial charge on any atom is -0.508 e. The lowest BCUT2D eigenvalue weighted by Gasteiger charge is -2.50. The van der Waals surface area contributed by atoms with E-state index in [1.807, 2.05) is 25.1 Å². The zero-order chi connectivity index (χ0) is 30.8. The van der Waals surface area contributed by atoms with Gasteiger partial charge in [-0.2, -0.15) is 0 Å². The minimum absolute atomic E-state index is 0.00994. The second kappa shape index (κ2) is 10.4. The third-order valence-electron chi connectivity index (χ3n) is 8.96. The highest BCUT2D eigenvalue weighted by Gasteiger charge is 2.64. The molecule has 42 heavy (non-hydrogen) atoms. The van der Waals surface area contributed by atoms with E-state index in [9.17, 15) is 39.6 Å². The number of rotatable bonds is 5. The number of fused-ring (bicyclic) bond motifs is 3. The van der Waals surface area contributed by atoms with Crippen molar-refractivity contribution in [1.82, 2.24) is 14.7 Å². The van der Waals surface area contributed by atoms with Crippen LogP contribution in [0.4, 0.5) is 0 Å². The van der Waals surface area contributed by atoms with E-state index in [4.69, 9.17) is 5.73 Å². The molecule has 0 spiro atoms. The predicted octanol–water partition coefficient (Wildman–Crippen LogP) is 0.141. The van der Waals surface area contributed by atoms with Gasteiger partial charge in [0.05, 0.1) is 18.2 Å². The van der Waals surface area contributed by atoms with E-state index < -0.39 is 58.0 Å².